The molecule has 0 unspecified atom stereocenters. The molecule has 0 bridgehead atoms. The molecule has 0 aliphatic heterocycles. The molecule has 9 heteroatoms. The molecule has 0 radical (unpaired) electrons. The van der Waals surface area contributed by atoms with E-state index in [0.29, 0.717) is 6.54 Å². The number of aliphatic hydroxyl groups excluding tert-OH is 1. The van der Waals surface area contributed by atoms with Crippen molar-refractivity contribution < 1.29 is 27.8 Å². The van der Waals surface area contributed by atoms with Gasteiger partial charge in [0.15, 0.2) is 0 Å². The van der Waals surface area contributed by atoms with Gasteiger partial charge < -0.3 is 20.9 Å². The fourth-order valence-electron chi connectivity index (χ4n) is 3.98. The number of hydrogen-bond donors (Lipinski definition) is 3. The van der Waals surface area contributed by atoms with E-state index in [1.54, 1.807) is 0 Å². The number of alkyl halides is 3. The van der Waals surface area contributed by atoms with Gasteiger partial charge >= 0.3 is 6.18 Å². The first-order valence-electron chi connectivity index (χ1n) is 9.94. The zero-order valence-corrected chi connectivity index (χ0v) is 17.0. The van der Waals surface area contributed by atoms with E-state index < -0.39 is 36.0 Å². The number of amides is 1. The number of likely N-dealkylation sites (N-methyl/N-ethyl adjacent to an activating group) is 1. The van der Waals surface area contributed by atoms with Gasteiger partial charge in [0.2, 0.25) is 5.91 Å². The quantitative estimate of drug-likeness (QED) is 0.618. The van der Waals surface area contributed by atoms with Gasteiger partial charge in [-0.15, -0.1) is 0 Å². The first-order chi connectivity index (χ1) is 14.7. The Morgan fingerprint density at radius 1 is 1.23 bits per heavy atom. The molecule has 1 aliphatic carbocycles. The molecule has 168 valence electrons. The van der Waals surface area contributed by atoms with Crippen LogP contribution in [0.5, 0.6) is 5.75 Å². The summed E-state index contributed by atoms with van der Waals surface area (Å²) < 4.78 is 44.8. The number of carbonyl (C=O) groups excluding carboxylic acids is 1. The van der Waals surface area contributed by atoms with E-state index in [9.17, 15) is 23.1 Å². The molecule has 0 spiro atoms. The van der Waals surface area contributed by atoms with Gasteiger partial charge in [-0.1, -0.05) is 36.4 Å². The molecule has 1 aliphatic rings. The number of nitrogens with two attached hydrogens (primary N) is 1. The summed E-state index contributed by atoms with van der Waals surface area (Å²) in [5.74, 6) is -0.371. The lowest BCUT2D eigenvalue weighted by molar-refractivity contribution is -0.137. The Kier molecular flexibility index (Phi) is 7.19. The molecule has 2 aromatic carbocycles. The third kappa shape index (κ3) is 5.75. The molecule has 0 saturated heterocycles. The predicted molar refractivity (Wildman–Crippen MR) is 109 cm³/mol. The van der Waals surface area contributed by atoms with Gasteiger partial charge in [-0.05, 0) is 30.8 Å². The SMILES string of the molecule is CN(Cc1ccccc1)[C@@H]1[C@@H](O)[C@H](Oc2cccc(C(F)(F)F)c2)C[C@H]1NC(=O)CN. The van der Waals surface area contributed by atoms with Crippen molar-refractivity contribution in [1.82, 2.24) is 10.2 Å². The van der Waals surface area contributed by atoms with Crippen molar-refractivity contribution in [3.05, 3.63) is 65.7 Å². The predicted octanol–water partition coefficient (Wildman–Crippen LogP) is 2.16. The van der Waals surface area contributed by atoms with Crippen LogP contribution in [-0.2, 0) is 17.5 Å². The lowest BCUT2D eigenvalue weighted by Gasteiger charge is -2.32. The van der Waals surface area contributed by atoms with Crippen LogP contribution in [0.1, 0.15) is 17.5 Å². The van der Waals surface area contributed by atoms with Crippen LogP contribution in [0.4, 0.5) is 13.2 Å². The number of hydrogen-bond acceptors (Lipinski definition) is 5. The second-order valence-electron chi connectivity index (χ2n) is 7.68. The Bertz CT molecular complexity index is 879. The van der Waals surface area contributed by atoms with Gasteiger partial charge in [0.05, 0.1) is 24.2 Å². The standard InChI is InChI=1S/C22H26F3N3O3/c1-28(13-14-6-3-2-4-7-14)20-17(27-19(29)12-26)11-18(21(20)30)31-16-9-5-8-15(10-16)22(23,24)25/h2-10,17-18,20-21,30H,11-13,26H2,1H3,(H,27,29)/t17-,18-,20+,21+/m1/s1. The van der Waals surface area contributed by atoms with Crippen LogP contribution in [0.2, 0.25) is 0 Å². The molecule has 1 fully saturated rings. The number of aliphatic hydroxyl groups is 1. The van der Waals surface area contributed by atoms with E-state index in [1.165, 1.54) is 12.1 Å². The van der Waals surface area contributed by atoms with Crippen molar-refractivity contribution >= 4 is 5.91 Å². The average Bonchev–Trinajstić information content (AvgIpc) is 3.03. The van der Waals surface area contributed by atoms with E-state index in [2.05, 4.69) is 5.32 Å². The minimum absolute atomic E-state index is 0.00846. The fraction of sp³-hybridized carbons (Fsp3) is 0.409. The Balaban J connectivity index is 1.79. The minimum atomic E-state index is -4.50. The van der Waals surface area contributed by atoms with Crippen molar-refractivity contribution in [2.24, 2.45) is 5.73 Å². The molecule has 0 heterocycles. The summed E-state index contributed by atoms with van der Waals surface area (Å²) in [6, 6.07) is 13.1. The second-order valence-corrected chi connectivity index (χ2v) is 7.68. The van der Waals surface area contributed by atoms with Crippen molar-refractivity contribution in [3.63, 3.8) is 0 Å². The first kappa shape index (κ1) is 23.1. The zero-order chi connectivity index (χ0) is 22.6. The highest BCUT2D eigenvalue weighted by molar-refractivity contribution is 5.78. The first-order valence-corrected chi connectivity index (χ1v) is 9.94. The third-order valence-corrected chi connectivity index (χ3v) is 5.39. The molecular weight excluding hydrogens is 411 g/mol. The summed E-state index contributed by atoms with van der Waals surface area (Å²) in [5.41, 5.74) is 5.61. The maximum Gasteiger partial charge on any atom is 0.416 e. The minimum Gasteiger partial charge on any atom is -0.488 e. The molecular formula is C22H26F3N3O3. The summed E-state index contributed by atoms with van der Waals surface area (Å²) in [6.45, 7) is 0.300. The highest BCUT2D eigenvalue weighted by atomic mass is 19.4. The molecule has 2 aromatic rings. The summed E-state index contributed by atoms with van der Waals surface area (Å²) in [6.07, 6.45) is -6.10. The maximum absolute atomic E-state index is 13.0. The Morgan fingerprint density at radius 3 is 2.58 bits per heavy atom. The van der Waals surface area contributed by atoms with Crippen LogP contribution in [0, 0.1) is 0 Å². The van der Waals surface area contributed by atoms with Gasteiger partial charge in [-0.3, -0.25) is 9.69 Å². The Morgan fingerprint density at radius 2 is 1.94 bits per heavy atom. The summed E-state index contributed by atoms with van der Waals surface area (Å²) in [4.78, 5) is 13.8. The van der Waals surface area contributed by atoms with Crippen LogP contribution in [0.25, 0.3) is 0 Å². The largest absolute Gasteiger partial charge is 0.488 e. The van der Waals surface area contributed by atoms with Crippen molar-refractivity contribution in [2.75, 3.05) is 13.6 Å². The van der Waals surface area contributed by atoms with Crippen LogP contribution >= 0.6 is 0 Å². The van der Waals surface area contributed by atoms with E-state index in [0.717, 1.165) is 17.7 Å². The Labute approximate surface area is 178 Å². The summed E-state index contributed by atoms with van der Waals surface area (Å²) in [5, 5.41) is 13.8. The number of ether oxygens (including phenoxy) is 1. The number of nitrogens with zero attached hydrogens (tertiary/aromatic N) is 1. The van der Waals surface area contributed by atoms with E-state index >= 15 is 0 Å². The zero-order valence-electron chi connectivity index (χ0n) is 17.0. The smallest absolute Gasteiger partial charge is 0.416 e. The number of rotatable bonds is 7. The number of benzene rings is 2. The van der Waals surface area contributed by atoms with Crippen LogP contribution in [-0.4, -0.2) is 53.8 Å². The van der Waals surface area contributed by atoms with E-state index in [4.69, 9.17) is 10.5 Å². The van der Waals surface area contributed by atoms with Crippen molar-refractivity contribution in [2.45, 2.75) is 43.4 Å². The number of nitrogens with one attached hydrogen (secondary N) is 1. The van der Waals surface area contributed by atoms with Gasteiger partial charge in [-0.2, -0.15) is 13.2 Å². The summed E-state index contributed by atoms with van der Waals surface area (Å²) >= 11 is 0. The molecule has 31 heavy (non-hydrogen) atoms. The van der Waals surface area contributed by atoms with E-state index in [-0.39, 0.29) is 24.6 Å². The maximum atomic E-state index is 13.0. The normalized spacial score (nSPS) is 23.7. The number of halogens is 3. The monoisotopic (exact) mass is 437 g/mol. The molecule has 0 aromatic heterocycles. The van der Waals surface area contributed by atoms with Gasteiger partial charge in [-0.25, -0.2) is 0 Å². The van der Waals surface area contributed by atoms with Gasteiger partial charge in [0.25, 0.3) is 0 Å². The molecule has 1 saturated carbocycles. The van der Waals surface area contributed by atoms with Crippen LogP contribution < -0.4 is 15.8 Å². The van der Waals surface area contributed by atoms with Gasteiger partial charge in [0.1, 0.15) is 18.0 Å². The summed E-state index contributed by atoms with van der Waals surface area (Å²) in [7, 11) is 1.81. The van der Waals surface area contributed by atoms with Crippen molar-refractivity contribution in [1.29, 1.82) is 0 Å². The fourth-order valence-corrected chi connectivity index (χ4v) is 3.98. The molecule has 4 N–H and O–H groups in total. The molecule has 1 amide bonds. The van der Waals surface area contributed by atoms with Crippen LogP contribution in [0.3, 0.4) is 0 Å². The molecule has 4 atom stereocenters. The lowest BCUT2D eigenvalue weighted by Crippen LogP contribution is -2.52. The molecule has 6 nitrogen and oxygen atoms in total. The third-order valence-electron chi connectivity index (χ3n) is 5.39. The van der Waals surface area contributed by atoms with Gasteiger partial charge in [0, 0.05) is 13.0 Å². The highest BCUT2D eigenvalue weighted by Gasteiger charge is 2.46. The number of carbonyl (C=O) groups is 1. The average molecular weight is 437 g/mol. The lowest BCUT2D eigenvalue weighted by atomic mass is 10.1. The van der Waals surface area contributed by atoms with Crippen LogP contribution in [0.15, 0.2) is 54.6 Å². The molecule has 3 rings (SSSR count). The second kappa shape index (κ2) is 9.67. The van der Waals surface area contributed by atoms with Crippen molar-refractivity contribution in [3.8, 4) is 5.75 Å². The highest BCUT2D eigenvalue weighted by Crippen LogP contribution is 2.34. The Hall–Kier alpha value is -2.62. The van der Waals surface area contributed by atoms with E-state index in [1.807, 2.05) is 42.3 Å². The topological polar surface area (TPSA) is 87.8 Å².